The van der Waals surface area contributed by atoms with Crippen LogP contribution in [0.15, 0.2) is 24.5 Å². The highest BCUT2D eigenvalue weighted by atomic mass is 19.4. The summed E-state index contributed by atoms with van der Waals surface area (Å²) in [5.41, 5.74) is 0.215. The first-order chi connectivity index (χ1) is 11.9. The Hall–Kier alpha value is -2.38. The number of alkyl halides is 3. The Morgan fingerprint density at radius 1 is 1.08 bits per heavy atom. The van der Waals surface area contributed by atoms with Gasteiger partial charge in [-0.3, -0.25) is 4.79 Å². The summed E-state index contributed by atoms with van der Waals surface area (Å²) in [4.78, 5) is 18.4. The number of halogens is 3. The molecule has 1 fully saturated rings. The van der Waals surface area contributed by atoms with E-state index in [0.29, 0.717) is 11.3 Å². The molecule has 0 spiro atoms. The Balaban J connectivity index is 1.84. The van der Waals surface area contributed by atoms with Gasteiger partial charge in [0.15, 0.2) is 5.82 Å². The molecular weight excluding hydrogens is 333 g/mol. The second-order valence-electron chi connectivity index (χ2n) is 6.16. The van der Waals surface area contributed by atoms with Crippen LogP contribution in [0.3, 0.4) is 0 Å². The number of amides is 1. The molecule has 0 aromatic carbocycles. The van der Waals surface area contributed by atoms with E-state index in [1.54, 1.807) is 6.92 Å². The van der Waals surface area contributed by atoms with Gasteiger partial charge in [0.05, 0.1) is 23.0 Å². The third kappa shape index (κ3) is 3.67. The van der Waals surface area contributed by atoms with Gasteiger partial charge in [0.2, 0.25) is 0 Å². The Labute approximate surface area is 143 Å². The van der Waals surface area contributed by atoms with Crippen LogP contribution >= 0.6 is 0 Å². The van der Waals surface area contributed by atoms with E-state index in [1.165, 1.54) is 16.9 Å². The number of hydrogen-bond acceptors (Lipinski definition) is 3. The van der Waals surface area contributed by atoms with Crippen LogP contribution in [0.1, 0.15) is 47.3 Å². The first-order valence-corrected chi connectivity index (χ1v) is 8.25. The van der Waals surface area contributed by atoms with Crippen LogP contribution in [0.4, 0.5) is 13.2 Å². The smallest absolute Gasteiger partial charge is 0.339 e. The van der Waals surface area contributed by atoms with Gasteiger partial charge in [-0.2, -0.15) is 18.3 Å². The van der Waals surface area contributed by atoms with Crippen molar-refractivity contribution in [3.8, 4) is 5.82 Å². The first-order valence-electron chi connectivity index (χ1n) is 8.25. The van der Waals surface area contributed by atoms with Crippen molar-refractivity contribution in [1.29, 1.82) is 0 Å². The molecule has 5 nitrogen and oxygen atoms in total. The van der Waals surface area contributed by atoms with Crippen LogP contribution in [0.5, 0.6) is 0 Å². The molecule has 8 heteroatoms. The molecule has 1 amide bonds. The number of hydrogen-bond donors (Lipinski definition) is 0. The van der Waals surface area contributed by atoms with E-state index in [1.807, 2.05) is 4.90 Å². The molecule has 2 aromatic heterocycles. The fraction of sp³-hybridized carbons (Fsp3) is 0.471. The van der Waals surface area contributed by atoms with Crippen molar-refractivity contribution < 1.29 is 18.0 Å². The van der Waals surface area contributed by atoms with E-state index >= 15 is 0 Å². The van der Waals surface area contributed by atoms with Gasteiger partial charge in [-0.25, -0.2) is 9.67 Å². The zero-order valence-corrected chi connectivity index (χ0v) is 13.9. The van der Waals surface area contributed by atoms with Crippen molar-refractivity contribution in [1.82, 2.24) is 19.7 Å². The second kappa shape index (κ2) is 6.85. The molecule has 3 rings (SSSR count). The normalized spacial score (nSPS) is 15.9. The molecule has 0 saturated carbocycles. The standard InChI is InChI=1S/C17H19F3N4O/c1-12-14(16(25)23-8-4-2-3-5-9-23)11-22-24(12)15-7-6-13(10-21-15)17(18,19)20/h6-7,10-11H,2-5,8-9H2,1H3. The zero-order valence-electron chi connectivity index (χ0n) is 13.9. The Morgan fingerprint density at radius 3 is 2.32 bits per heavy atom. The molecule has 3 heterocycles. The summed E-state index contributed by atoms with van der Waals surface area (Å²) in [6, 6.07) is 2.21. The topological polar surface area (TPSA) is 51.0 Å². The van der Waals surface area contributed by atoms with Crippen LogP contribution in [-0.2, 0) is 6.18 Å². The highest BCUT2D eigenvalue weighted by Gasteiger charge is 2.31. The maximum atomic E-state index is 12.7. The predicted molar refractivity (Wildman–Crippen MR) is 85.5 cm³/mol. The summed E-state index contributed by atoms with van der Waals surface area (Å²) in [6.45, 7) is 3.17. The van der Waals surface area contributed by atoms with Crippen molar-refractivity contribution in [2.75, 3.05) is 13.1 Å². The molecule has 0 bridgehead atoms. The highest BCUT2D eigenvalue weighted by Crippen LogP contribution is 2.29. The lowest BCUT2D eigenvalue weighted by Gasteiger charge is -2.19. The van der Waals surface area contributed by atoms with Crippen LogP contribution in [-0.4, -0.2) is 38.7 Å². The lowest BCUT2D eigenvalue weighted by molar-refractivity contribution is -0.137. The zero-order chi connectivity index (χ0) is 18.0. The average Bonchev–Trinajstić information content (AvgIpc) is 2.79. The van der Waals surface area contributed by atoms with Crippen molar-refractivity contribution in [2.24, 2.45) is 0 Å². The number of rotatable bonds is 2. The molecule has 1 aliphatic rings. The van der Waals surface area contributed by atoms with Crippen molar-refractivity contribution in [3.63, 3.8) is 0 Å². The molecule has 1 saturated heterocycles. The predicted octanol–water partition coefficient (Wildman–Crippen LogP) is 3.61. The van der Waals surface area contributed by atoms with Gasteiger partial charge in [0.1, 0.15) is 0 Å². The largest absolute Gasteiger partial charge is 0.417 e. The lowest BCUT2D eigenvalue weighted by atomic mass is 10.2. The van der Waals surface area contributed by atoms with Crippen LogP contribution in [0, 0.1) is 6.92 Å². The summed E-state index contributed by atoms with van der Waals surface area (Å²) < 4.78 is 39.3. The molecule has 0 N–H and O–H groups in total. The van der Waals surface area contributed by atoms with E-state index in [-0.39, 0.29) is 11.7 Å². The minimum Gasteiger partial charge on any atom is -0.339 e. The third-order valence-electron chi connectivity index (χ3n) is 4.43. The van der Waals surface area contributed by atoms with E-state index in [4.69, 9.17) is 0 Å². The number of likely N-dealkylation sites (tertiary alicyclic amines) is 1. The first kappa shape index (κ1) is 17.4. The van der Waals surface area contributed by atoms with E-state index in [9.17, 15) is 18.0 Å². The Morgan fingerprint density at radius 2 is 1.76 bits per heavy atom. The quantitative estimate of drug-likeness (QED) is 0.830. The second-order valence-corrected chi connectivity index (χ2v) is 6.16. The molecule has 0 aliphatic carbocycles. The number of aromatic nitrogens is 3. The molecule has 0 unspecified atom stereocenters. The van der Waals surface area contributed by atoms with Gasteiger partial charge in [-0.05, 0) is 31.9 Å². The molecule has 2 aromatic rings. The van der Waals surface area contributed by atoms with Crippen molar-refractivity contribution in [3.05, 3.63) is 41.3 Å². The Kier molecular flexibility index (Phi) is 4.78. The van der Waals surface area contributed by atoms with Gasteiger partial charge in [0.25, 0.3) is 5.91 Å². The number of carbonyl (C=O) groups is 1. The number of nitrogens with zero attached hydrogens (tertiary/aromatic N) is 4. The minimum absolute atomic E-state index is 0.0856. The lowest BCUT2D eigenvalue weighted by Crippen LogP contribution is -2.32. The highest BCUT2D eigenvalue weighted by molar-refractivity contribution is 5.95. The fourth-order valence-electron chi connectivity index (χ4n) is 2.97. The van der Waals surface area contributed by atoms with E-state index < -0.39 is 11.7 Å². The summed E-state index contributed by atoms with van der Waals surface area (Å²) in [6.07, 6.45) is 2.01. The molecule has 1 aliphatic heterocycles. The third-order valence-corrected chi connectivity index (χ3v) is 4.43. The summed E-state index contributed by atoms with van der Waals surface area (Å²) >= 11 is 0. The molecule has 25 heavy (non-hydrogen) atoms. The maximum Gasteiger partial charge on any atom is 0.417 e. The van der Waals surface area contributed by atoms with Crippen LogP contribution < -0.4 is 0 Å². The van der Waals surface area contributed by atoms with E-state index in [2.05, 4.69) is 10.1 Å². The monoisotopic (exact) mass is 352 g/mol. The fourth-order valence-corrected chi connectivity index (χ4v) is 2.97. The van der Waals surface area contributed by atoms with Gasteiger partial charge in [0, 0.05) is 19.3 Å². The minimum atomic E-state index is -4.43. The molecular formula is C17H19F3N4O. The summed E-state index contributed by atoms with van der Waals surface area (Å²) in [5, 5.41) is 4.14. The molecule has 134 valence electrons. The summed E-state index contributed by atoms with van der Waals surface area (Å²) in [5.74, 6) is 0.165. The van der Waals surface area contributed by atoms with Gasteiger partial charge < -0.3 is 4.90 Å². The number of carbonyl (C=O) groups excluding carboxylic acids is 1. The number of pyridine rings is 1. The van der Waals surface area contributed by atoms with Crippen LogP contribution in [0.2, 0.25) is 0 Å². The van der Waals surface area contributed by atoms with Gasteiger partial charge in [-0.15, -0.1) is 0 Å². The summed E-state index contributed by atoms with van der Waals surface area (Å²) in [7, 11) is 0. The van der Waals surface area contributed by atoms with Gasteiger partial charge in [-0.1, -0.05) is 12.8 Å². The SMILES string of the molecule is Cc1c(C(=O)N2CCCCCC2)cnn1-c1ccc(C(F)(F)F)cn1. The molecule has 0 radical (unpaired) electrons. The van der Waals surface area contributed by atoms with Crippen LogP contribution in [0.25, 0.3) is 5.82 Å². The molecule has 0 atom stereocenters. The van der Waals surface area contributed by atoms with Gasteiger partial charge >= 0.3 is 6.18 Å². The maximum absolute atomic E-state index is 12.7. The van der Waals surface area contributed by atoms with E-state index in [0.717, 1.165) is 51.0 Å². The van der Waals surface area contributed by atoms with Crippen molar-refractivity contribution >= 4 is 5.91 Å². The average molecular weight is 352 g/mol. The van der Waals surface area contributed by atoms with Crippen molar-refractivity contribution in [2.45, 2.75) is 38.8 Å². The Bertz CT molecular complexity index is 744.